The zero-order valence-corrected chi connectivity index (χ0v) is 12.9. The second kappa shape index (κ2) is 6.62. The smallest absolute Gasteiger partial charge is 0.124 e. The molecule has 2 aromatic carbocycles. The van der Waals surface area contributed by atoms with Crippen LogP contribution in [0.3, 0.4) is 0 Å². The zero-order valence-electron chi connectivity index (χ0n) is 12.9. The molecular weight excluding hydrogens is 274 g/mol. The van der Waals surface area contributed by atoms with Crippen LogP contribution < -0.4 is 9.80 Å². The Morgan fingerprint density at radius 1 is 1.05 bits per heavy atom. The molecule has 3 rings (SSSR count). The molecule has 0 aromatic heterocycles. The molecule has 4 heteroatoms. The predicted molar refractivity (Wildman–Crippen MR) is 90.6 cm³/mol. The van der Waals surface area contributed by atoms with Crippen LogP contribution in [0.1, 0.15) is 5.56 Å². The number of nitrogens with zero attached hydrogens (tertiary/aromatic N) is 2. The van der Waals surface area contributed by atoms with Crippen LogP contribution in [-0.2, 0) is 0 Å². The average molecular weight is 296 g/mol. The van der Waals surface area contributed by atoms with Crippen molar-refractivity contribution in [3.05, 3.63) is 54.1 Å². The zero-order chi connectivity index (χ0) is 15.4. The van der Waals surface area contributed by atoms with Gasteiger partial charge in [0, 0.05) is 17.5 Å². The summed E-state index contributed by atoms with van der Waals surface area (Å²) < 4.78 is 0. The molecule has 1 aliphatic rings. The van der Waals surface area contributed by atoms with Crippen molar-refractivity contribution in [3.8, 4) is 5.75 Å². The van der Waals surface area contributed by atoms with Crippen LogP contribution >= 0.6 is 0 Å². The first kappa shape index (κ1) is 14.6. The predicted octanol–water partition coefficient (Wildman–Crippen LogP) is 1.48. The molecule has 0 radical (unpaired) electrons. The molecule has 0 aliphatic carbocycles. The van der Waals surface area contributed by atoms with Gasteiger partial charge in [0.15, 0.2) is 0 Å². The fourth-order valence-electron chi connectivity index (χ4n) is 2.64. The molecule has 1 fully saturated rings. The van der Waals surface area contributed by atoms with E-state index in [4.69, 9.17) is 0 Å². The molecule has 0 unspecified atom stereocenters. The lowest BCUT2D eigenvalue weighted by Gasteiger charge is -2.31. The third kappa shape index (κ3) is 3.46. The number of phenolic OH excluding ortho intramolecular Hbond substituents is 1. The van der Waals surface area contributed by atoms with Gasteiger partial charge in [-0.3, -0.25) is 4.99 Å². The highest BCUT2D eigenvalue weighted by Gasteiger charge is 2.16. The minimum atomic E-state index is 0.253. The minimum absolute atomic E-state index is 0.253. The van der Waals surface area contributed by atoms with Gasteiger partial charge in [-0.2, -0.15) is 0 Å². The molecule has 0 saturated carbocycles. The number of quaternary nitrogens is 1. The highest BCUT2D eigenvalue weighted by Crippen LogP contribution is 2.21. The van der Waals surface area contributed by atoms with E-state index in [9.17, 15) is 5.11 Å². The molecule has 0 bridgehead atoms. The molecule has 0 amide bonds. The van der Waals surface area contributed by atoms with E-state index < -0.39 is 0 Å². The van der Waals surface area contributed by atoms with E-state index in [0.29, 0.717) is 0 Å². The maximum Gasteiger partial charge on any atom is 0.124 e. The van der Waals surface area contributed by atoms with Crippen LogP contribution in [0.15, 0.2) is 53.5 Å². The van der Waals surface area contributed by atoms with Crippen LogP contribution in [0.2, 0.25) is 0 Å². The standard InChI is InChI=1S/C18H21N3O/c1-20-10-12-21(13-11-20)17-8-6-16(7-9-17)19-14-15-4-2-3-5-18(15)22/h2-9,14,22H,10-13H2,1H3/p+1. The number of nitrogens with one attached hydrogen (secondary N) is 1. The van der Waals surface area contributed by atoms with Crippen molar-refractivity contribution in [2.45, 2.75) is 0 Å². The Morgan fingerprint density at radius 2 is 1.73 bits per heavy atom. The molecular formula is C18H22N3O+. The number of phenols is 1. The van der Waals surface area contributed by atoms with Crippen LogP contribution in [0, 0.1) is 0 Å². The van der Waals surface area contributed by atoms with E-state index in [1.807, 2.05) is 24.3 Å². The van der Waals surface area contributed by atoms with Crippen molar-refractivity contribution in [1.82, 2.24) is 0 Å². The van der Waals surface area contributed by atoms with Gasteiger partial charge in [0.1, 0.15) is 5.75 Å². The quantitative estimate of drug-likeness (QED) is 0.842. The van der Waals surface area contributed by atoms with E-state index >= 15 is 0 Å². The van der Waals surface area contributed by atoms with Crippen molar-refractivity contribution in [2.24, 2.45) is 4.99 Å². The van der Waals surface area contributed by atoms with E-state index in [0.717, 1.165) is 24.3 Å². The molecule has 4 nitrogen and oxygen atoms in total. The maximum absolute atomic E-state index is 9.72. The largest absolute Gasteiger partial charge is 0.507 e. The highest BCUT2D eigenvalue weighted by atomic mass is 16.3. The van der Waals surface area contributed by atoms with Crippen LogP contribution in [0.5, 0.6) is 5.75 Å². The van der Waals surface area contributed by atoms with Crippen LogP contribution in [0.4, 0.5) is 11.4 Å². The monoisotopic (exact) mass is 296 g/mol. The lowest BCUT2D eigenvalue weighted by molar-refractivity contribution is -0.880. The number of likely N-dealkylation sites (N-methyl/N-ethyl adjacent to an activating group) is 1. The molecule has 1 heterocycles. The summed E-state index contributed by atoms with van der Waals surface area (Å²) in [5.74, 6) is 0.253. The van der Waals surface area contributed by atoms with Gasteiger partial charge in [-0.1, -0.05) is 12.1 Å². The van der Waals surface area contributed by atoms with Gasteiger partial charge in [0.25, 0.3) is 0 Å². The Balaban J connectivity index is 1.68. The topological polar surface area (TPSA) is 40.3 Å². The van der Waals surface area contributed by atoms with E-state index in [1.165, 1.54) is 18.8 Å². The Labute approximate surface area is 131 Å². The van der Waals surface area contributed by atoms with Crippen molar-refractivity contribution < 1.29 is 10.0 Å². The first-order valence-corrected chi connectivity index (χ1v) is 7.71. The second-order valence-corrected chi connectivity index (χ2v) is 5.78. The molecule has 0 spiro atoms. The number of hydrogen-bond donors (Lipinski definition) is 2. The van der Waals surface area contributed by atoms with Crippen molar-refractivity contribution in [3.63, 3.8) is 0 Å². The van der Waals surface area contributed by atoms with Gasteiger partial charge in [-0.15, -0.1) is 0 Å². The number of rotatable bonds is 3. The normalized spacial score (nSPS) is 16.3. The third-order valence-corrected chi connectivity index (χ3v) is 4.12. The number of piperazine rings is 1. The van der Waals surface area contributed by atoms with E-state index in [-0.39, 0.29) is 5.75 Å². The number of aromatic hydroxyl groups is 1. The third-order valence-electron chi connectivity index (χ3n) is 4.12. The van der Waals surface area contributed by atoms with Crippen molar-refractivity contribution in [2.75, 3.05) is 38.1 Å². The summed E-state index contributed by atoms with van der Waals surface area (Å²) in [6.07, 6.45) is 1.70. The summed E-state index contributed by atoms with van der Waals surface area (Å²) in [5.41, 5.74) is 2.88. The van der Waals surface area contributed by atoms with Crippen LogP contribution in [-0.4, -0.2) is 44.5 Å². The first-order valence-electron chi connectivity index (χ1n) is 7.71. The summed E-state index contributed by atoms with van der Waals surface area (Å²) in [5, 5.41) is 9.72. The number of benzene rings is 2. The lowest BCUT2D eigenvalue weighted by Crippen LogP contribution is -3.12. The number of para-hydroxylation sites is 1. The Bertz CT molecular complexity index is 644. The molecule has 114 valence electrons. The van der Waals surface area contributed by atoms with Crippen molar-refractivity contribution >= 4 is 17.6 Å². The SMILES string of the molecule is C[NH+]1CCN(c2ccc(N=Cc3ccccc3O)cc2)CC1. The summed E-state index contributed by atoms with van der Waals surface area (Å²) in [4.78, 5) is 8.45. The highest BCUT2D eigenvalue weighted by molar-refractivity contribution is 5.85. The van der Waals surface area contributed by atoms with E-state index in [2.05, 4.69) is 29.1 Å². The second-order valence-electron chi connectivity index (χ2n) is 5.78. The van der Waals surface area contributed by atoms with Crippen LogP contribution in [0.25, 0.3) is 0 Å². The maximum atomic E-state index is 9.72. The number of aliphatic imine (C=N–C) groups is 1. The lowest BCUT2D eigenvalue weighted by atomic mass is 10.2. The number of hydrogen-bond acceptors (Lipinski definition) is 3. The Hall–Kier alpha value is -2.33. The first-order chi connectivity index (χ1) is 10.7. The van der Waals surface area contributed by atoms with Gasteiger partial charge in [-0.25, -0.2) is 0 Å². The fraction of sp³-hybridized carbons (Fsp3) is 0.278. The summed E-state index contributed by atoms with van der Waals surface area (Å²) in [6.45, 7) is 4.58. The van der Waals surface area contributed by atoms with Gasteiger partial charge >= 0.3 is 0 Å². The van der Waals surface area contributed by atoms with Gasteiger partial charge < -0.3 is 14.9 Å². The summed E-state index contributed by atoms with van der Waals surface area (Å²) in [6, 6.07) is 15.5. The molecule has 22 heavy (non-hydrogen) atoms. The average Bonchev–Trinajstić information content (AvgIpc) is 2.55. The summed E-state index contributed by atoms with van der Waals surface area (Å²) in [7, 11) is 2.24. The minimum Gasteiger partial charge on any atom is -0.507 e. The van der Waals surface area contributed by atoms with Gasteiger partial charge in [-0.05, 0) is 36.4 Å². The Morgan fingerprint density at radius 3 is 2.41 bits per heavy atom. The van der Waals surface area contributed by atoms with E-state index in [1.54, 1.807) is 23.2 Å². The Kier molecular flexibility index (Phi) is 4.39. The molecule has 2 N–H and O–H groups in total. The number of anilines is 1. The van der Waals surface area contributed by atoms with Gasteiger partial charge in [0.05, 0.1) is 38.9 Å². The molecule has 1 aliphatic heterocycles. The fourth-order valence-corrected chi connectivity index (χ4v) is 2.64. The summed E-state index contributed by atoms with van der Waals surface area (Å²) >= 11 is 0. The molecule has 0 atom stereocenters. The van der Waals surface area contributed by atoms with Gasteiger partial charge in [0.2, 0.25) is 0 Å². The molecule has 1 saturated heterocycles. The van der Waals surface area contributed by atoms with Crippen molar-refractivity contribution in [1.29, 1.82) is 0 Å². The molecule has 2 aromatic rings.